The molecule has 0 aromatic rings. The van der Waals surface area contributed by atoms with Crippen molar-refractivity contribution in [3.05, 3.63) is 23.8 Å². The van der Waals surface area contributed by atoms with E-state index in [1.54, 1.807) is 0 Å². The summed E-state index contributed by atoms with van der Waals surface area (Å²) in [6.45, 7) is 6.45. The summed E-state index contributed by atoms with van der Waals surface area (Å²) in [5.41, 5.74) is 0.942. The molecule has 0 radical (unpaired) electrons. The molecule has 1 aliphatic heterocycles. The molecule has 140 valence electrons. The fourth-order valence-electron chi connectivity index (χ4n) is 5.72. The number of rotatable bonds is 5. The van der Waals surface area contributed by atoms with Gasteiger partial charge in [-0.3, -0.25) is 0 Å². The van der Waals surface area contributed by atoms with Crippen LogP contribution in [0.25, 0.3) is 0 Å². The highest BCUT2D eigenvalue weighted by atomic mass is 16.5. The first-order chi connectivity index (χ1) is 11.9. The van der Waals surface area contributed by atoms with Gasteiger partial charge in [0.05, 0.1) is 19.3 Å². The Labute approximate surface area is 149 Å². The summed E-state index contributed by atoms with van der Waals surface area (Å²) in [7, 11) is 0. The lowest BCUT2D eigenvalue weighted by atomic mass is 9.45. The van der Waals surface area contributed by atoms with Gasteiger partial charge in [0.15, 0.2) is 0 Å². The molecule has 3 N–H and O–H groups in total. The topological polar surface area (TPSA) is 87.0 Å². The maximum Gasteiger partial charge on any atom is 0.334 e. The fourth-order valence-corrected chi connectivity index (χ4v) is 5.72. The molecule has 0 saturated heterocycles. The van der Waals surface area contributed by atoms with Gasteiger partial charge in [0.2, 0.25) is 0 Å². The number of aliphatic hydroxyl groups excluding tert-OH is 3. The van der Waals surface area contributed by atoms with E-state index in [2.05, 4.69) is 13.5 Å². The molecule has 0 bridgehead atoms. The number of carbonyl (C=O) groups excluding carboxylic acids is 1. The molecule has 0 spiro atoms. The summed E-state index contributed by atoms with van der Waals surface area (Å²) >= 11 is 0. The van der Waals surface area contributed by atoms with Crippen LogP contribution in [0, 0.1) is 22.7 Å². The highest BCUT2D eigenvalue weighted by Crippen LogP contribution is 2.61. The maximum absolute atomic E-state index is 11.7. The van der Waals surface area contributed by atoms with E-state index in [-0.39, 0.29) is 36.4 Å². The molecule has 3 rings (SSSR count). The van der Waals surface area contributed by atoms with Gasteiger partial charge in [-0.1, -0.05) is 19.1 Å². The molecule has 0 aromatic heterocycles. The Bertz CT molecular complexity index is 577. The molecule has 4 atom stereocenters. The zero-order valence-electron chi connectivity index (χ0n) is 15.0. The standard InChI is InChI=1S/C20H30O5/c1-13-3-6-16-19(2,9-7-17(23)20(16,11-21)12-22)15(13)5-4-14-8-10-25-18(14)24/h8,15-17,21-23H,1,3-7,9-12H2,2H3/t15-,16+,17-,19+/m1/s1. The van der Waals surface area contributed by atoms with Gasteiger partial charge in [0.25, 0.3) is 0 Å². The van der Waals surface area contributed by atoms with Crippen LogP contribution < -0.4 is 0 Å². The predicted octanol–water partition coefficient (Wildman–Crippen LogP) is 1.96. The van der Waals surface area contributed by atoms with Crippen molar-refractivity contribution in [3.63, 3.8) is 0 Å². The SMILES string of the molecule is C=C1CC[C@@H]2C(CO)(CO)[C@H](O)CC[C@@]2(C)[C@@H]1CCC1=CCOC1=O. The van der Waals surface area contributed by atoms with Gasteiger partial charge in [-0.2, -0.15) is 0 Å². The van der Waals surface area contributed by atoms with Gasteiger partial charge in [0, 0.05) is 11.0 Å². The van der Waals surface area contributed by atoms with E-state index < -0.39 is 11.5 Å². The van der Waals surface area contributed by atoms with Crippen LogP contribution >= 0.6 is 0 Å². The Morgan fingerprint density at radius 3 is 2.64 bits per heavy atom. The van der Waals surface area contributed by atoms with Crippen LogP contribution in [-0.2, 0) is 9.53 Å². The van der Waals surface area contributed by atoms with E-state index in [1.165, 1.54) is 5.57 Å². The Balaban J connectivity index is 1.85. The number of carbonyl (C=O) groups is 1. The zero-order chi connectivity index (χ0) is 18.2. The zero-order valence-corrected chi connectivity index (χ0v) is 15.0. The van der Waals surface area contributed by atoms with Crippen LogP contribution in [0.3, 0.4) is 0 Å². The summed E-state index contributed by atoms with van der Waals surface area (Å²) in [5, 5.41) is 30.6. The van der Waals surface area contributed by atoms with E-state index in [0.29, 0.717) is 19.4 Å². The monoisotopic (exact) mass is 350 g/mol. The number of cyclic esters (lactones) is 1. The Kier molecular flexibility index (Phi) is 5.11. The molecule has 1 heterocycles. The quantitative estimate of drug-likeness (QED) is 0.521. The van der Waals surface area contributed by atoms with Crippen molar-refractivity contribution in [2.75, 3.05) is 19.8 Å². The number of ether oxygens (including phenoxy) is 1. The molecule has 3 aliphatic rings. The van der Waals surface area contributed by atoms with Crippen LogP contribution in [-0.4, -0.2) is 47.2 Å². The summed E-state index contributed by atoms with van der Waals surface area (Å²) in [6.07, 6.45) is 5.73. The van der Waals surface area contributed by atoms with Crippen molar-refractivity contribution < 1.29 is 24.9 Å². The largest absolute Gasteiger partial charge is 0.458 e. The number of allylic oxidation sites excluding steroid dienone is 1. The molecule has 25 heavy (non-hydrogen) atoms. The van der Waals surface area contributed by atoms with E-state index in [0.717, 1.165) is 31.3 Å². The van der Waals surface area contributed by atoms with Crippen LogP contribution in [0.4, 0.5) is 0 Å². The summed E-state index contributed by atoms with van der Waals surface area (Å²) in [6, 6.07) is 0. The lowest BCUT2D eigenvalue weighted by molar-refractivity contribution is -0.179. The Morgan fingerprint density at radius 2 is 2.04 bits per heavy atom. The van der Waals surface area contributed by atoms with E-state index in [4.69, 9.17) is 4.74 Å². The highest BCUT2D eigenvalue weighted by molar-refractivity contribution is 5.90. The molecule has 0 aromatic carbocycles. The van der Waals surface area contributed by atoms with Crippen LogP contribution in [0.15, 0.2) is 23.8 Å². The number of hydrogen-bond donors (Lipinski definition) is 3. The normalized spacial score (nSPS) is 37.4. The van der Waals surface area contributed by atoms with Crippen molar-refractivity contribution in [3.8, 4) is 0 Å². The minimum absolute atomic E-state index is 0.0405. The van der Waals surface area contributed by atoms with Gasteiger partial charge in [0.1, 0.15) is 6.61 Å². The second kappa shape index (κ2) is 6.86. The lowest BCUT2D eigenvalue weighted by Crippen LogP contribution is -2.60. The van der Waals surface area contributed by atoms with Gasteiger partial charge in [-0.25, -0.2) is 4.79 Å². The maximum atomic E-state index is 11.7. The molecule has 0 amide bonds. The van der Waals surface area contributed by atoms with Crippen molar-refractivity contribution in [1.82, 2.24) is 0 Å². The molecular weight excluding hydrogens is 320 g/mol. The fraction of sp³-hybridized carbons (Fsp3) is 0.750. The highest BCUT2D eigenvalue weighted by Gasteiger charge is 2.59. The van der Waals surface area contributed by atoms with Crippen LogP contribution in [0.5, 0.6) is 0 Å². The van der Waals surface area contributed by atoms with Crippen LogP contribution in [0.2, 0.25) is 0 Å². The number of fused-ring (bicyclic) bond motifs is 1. The summed E-state index contributed by atoms with van der Waals surface area (Å²) in [5.74, 6) is 0.0338. The third-order valence-electron chi connectivity index (χ3n) is 7.25. The molecule has 0 unspecified atom stereocenters. The Morgan fingerprint density at radius 1 is 1.32 bits per heavy atom. The van der Waals surface area contributed by atoms with Crippen molar-refractivity contribution >= 4 is 5.97 Å². The second-order valence-corrected chi connectivity index (χ2v) is 8.28. The minimum Gasteiger partial charge on any atom is -0.458 e. The van der Waals surface area contributed by atoms with E-state index in [9.17, 15) is 20.1 Å². The smallest absolute Gasteiger partial charge is 0.334 e. The van der Waals surface area contributed by atoms with Crippen LogP contribution in [0.1, 0.15) is 45.4 Å². The molecule has 5 heteroatoms. The van der Waals surface area contributed by atoms with Crippen molar-refractivity contribution in [2.24, 2.45) is 22.7 Å². The van der Waals surface area contributed by atoms with Gasteiger partial charge in [-0.15, -0.1) is 0 Å². The summed E-state index contributed by atoms with van der Waals surface area (Å²) in [4.78, 5) is 11.7. The Hall–Kier alpha value is -1.17. The van der Waals surface area contributed by atoms with Gasteiger partial charge >= 0.3 is 5.97 Å². The third kappa shape index (κ3) is 2.86. The van der Waals surface area contributed by atoms with Gasteiger partial charge in [-0.05, 0) is 61.9 Å². The molecule has 2 saturated carbocycles. The first-order valence-electron chi connectivity index (χ1n) is 9.32. The molecule has 2 fully saturated rings. The van der Waals surface area contributed by atoms with Gasteiger partial charge < -0.3 is 20.1 Å². The summed E-state index contributed by atoms with van der Waals surface area (Å²) < 4.78 is 4.99. The lowest BCUT2D eigenvalue weighted by Gasteiger charge is -2.60. The predicted molar refractivity (Wildman–Crippen MR) is 93.6 cm³/mol. The van der Waals surface area contributed by atoms with E-state index in [1.807, 2.05) is 6.08 Å². The minimum atomic E-state index is -0.850. The van der Waals surface area contributed by atoms with Crippen molar-refractivity contribution in [2.45, 2.75) is 51.6 Å². The molecule has 2 aliphatic carbocycles. The van der Waals surface area contributed by atoms with E-state index >= 15 is 0 Å². The third-order valence-corrected chi connectivity index (χ3v) is 7.25. The first kappa shape index (κ1) is 18.6. The van der Waals surface area contributed by atoms with Crippen molar-refractivity contribution in [1.29, 1.82) is 0 Å². The number of esters is 1. The number of hydrogen-bond acceptors (Lipinski definition) is 5. The average Bonchev–Trinajstić information content (AvgIpc) is 3.00. The number of aliphatic hydroxyl groups is 3. The molecular formula is C20H30O5. The first-order valence-corrected chi connectivity index (χ1v) is 9.32. The molecule has 5 nitrogen and oxygen atoms in total. The second-order valence-electron chi connectivity index (χ2n) is 8.28. The average molecular weight is 350 g/mol.